The number of aromatic nitrogens is 4. The van der Waals surface area contributed by atoms with Crippen molar-refractivity contribution in [2.45, 2.75) is 11.7 Å². The van der Waals surface area contributed by atoms with Gasteiger partial charge in [0.05, 0.1) is 6.54 Å². The number of rotatable bonds is 6. The summed E-state index contributed by atoms with van der Waals surface area (Å²) in [5.41, 5.74) is 3.73. The third-order valence-corrected chi connectivity index (χ3v) is 4.33. The molecule has 2 heterocycles. The number of thioether (sulfide) groups is 1. The second-order valence-electron chi connectivity index (χ2n) is 4.79. The maximum atomic E-state index is 5.59. The summed E-state index contributed by atoms with van der Waals surface area (Å²) in [6, 6.07) is 14.2. The van der Waals surface area contributed by atoms with Gasteiger partial charge >= 0.3 is 0 Å². The summed E-state index contributed by atoms with van der Waals surface area (Å²) < 4.78 is 2.12. The summed E-state index contributed by atoms with van der Waals surface area (Å²) in [4.78, 5) is 4.07. The van der Waals surface area contributed by atoms with Crippen LogP contribution >= 0.6 is 23.4 Å². The Labute approximate surface area is 144 Å². The zero-order chi connectivity index (χ0) is 15.9. The van der Waals surface area contributed by atoms with Gasteiger partial charge in [-0.3, -0.25) is 9.55 Å². The highest BCUT2D eigenvalue weighted by Crippen LogP contribution is 2.24. The van der Waals surface area contributed by atoms with Gasteiger partial charge in [-0.05, 0) is 17.7 Å². The molecule has 3 aromatic rings. The smallest absolute Gasteiger partial charge is 0.192 e. The minimum Gasteiger partial charge on any atom is -0.298 e. The van der Waals surface area contributed by atoms with Crippen LogP contribution in [-0.4, -0.2) is 25.5 Å². The van der Waals surface area contributed by atoms with Gasteiger partial charge in [0, 0.05) is 29.2 Å². The van der Waals surface area contributed by atoms with Crippen LogP contribution in [0.25, 0.3) is 11.4 Å². The Morgan fingerprint density at radius 1 is 1.04 bits per heavy atom. The summed E-state index contributed by atoms with van der Waals surface area (Å²) in [6.07, 6.45) is 5.42. The molecule has 0 unspecified atom stereocenters. The highest BCUT2D eigenvalue weighted by Gasteiger charge is 2.14. The molecule has 0 N–H and O–H groups in total. The lowest BCUT2D eigenvalue weighted by Crippen LogP contribution is -2.04. The third kappa shape index (κ3) is 4.00. The molecule has 0 aliphatic heterocycles. The molecule has 0 atom stereocenters. The Morgan fingerprint density at radius 3 is 2.57 bits per heavy atom. The molecule has 0 bridgehead atoms. The summed E-state index contributed by atoms with van der Waals surface area (Å²) in [7, 11) is 0. The van der Waals surface area contributed by atoms with Crippen molar-refractivity contribution in [1.29, 1.82) is 0 Å². The van der Waals surface area contributed by atoms with Crippen molar-refractivity contribution in [3.63, 3.8) is 0 Å². The van der Waals surface area contributed by atoms with Gasteiger partial charge in [0.25, 0.3) is 0 Å². The molecule has 0 radical (unpaired) electrons. The Bertz CT molecular complexity index is 772. The molecule has 0 saturated heterocycles. The van der Waals surface area contributed by atoms with Crippen molar-refractivity contribution >= 4 is 23.4 Å². The van der Waals surface area contributed by atoms with Gasteiger partial charge in [0.2, 0.25) is 0 Å². The molecule has 116 valence electrons. The largest absolute Gasteiger partial charge is 0.298 e. The van der Waals surface area contributed by atoms with E-state index in [0.717, 1.165) is 28.8 Å². The third-order valence-electron chi connectivity index (χ3n) is 3.24. The zero-order valence-electron chi connectivity index (χ0n) is 12.3. The normalized spacial score (nSPS) is 11.2. The van der Waals surface area contributed by atoms with Crippen molar-refractivity contribution in [2.75, 3.05) is 5.75 Å². The summed E-state index contributed by atoms with van der Waals surface area (Å²) >= 11 is 7.20. The van der Waals surface area contributed by atoms with E-state index in [4.69, 9.17) is 11.6 Å². The molecule has 3 rings (SSSR count). The Hall–Kier alpha value is -2.11. The standard InChI is InChI=1S/C17H15ClN4S/c18-9-4-12-23-17-21-20-16(15-7-10-19-11-8-15)22(17)13-14-5-2-1-3-6-14/h1-11H,12-13H2/b9-4+. The number of nitrogens with zero attached hydrogens (tertiary/aromatic N) is 4. The van der Waals surface area contributed by atoms with Crippen LogP contribution in [0, 0.1) is 0 Å². The molecule has 2 aromatic heterocycles. The zero-order valence-corrected chi connectivity index (χ0v) is 13.9. The second kappa shape index (κ2) is 7.94. The molecule has 0 aliphatic rings. The van der Waals surface area contributed by atoms with Crippen molar-refractivity contribution in [2.24, 2.45) is 0 Å². The SMILES string of the molecule is Cl/C=C/CSc1nnc(-c2ccncc2)n1Cc1ccccc1. The van der Waals surface area contributed by atoms with Crippen LogP contribution in [0.1, 0.15) is 5.56 Å². The quantitative estimate of drug-likeness (QED) is 0.629. The predicted molar refractivity (Wildman–Crippen MR) is 94.5 cm³/mol. The van der Waals surface area contributed by atoms with Gasteiger partial charge in [-0.25, -0.2) is 0 Å². The molecule has 0 fully saturated rings. The van der Waals surface area contributed by atoms with E-state index < -0.39 is 0 Å². The van der Waals surface area contributed by atoms with Crippen LogP contribution in [0.4, 0.5) is 0 Å². The van der Waals surface area contributed by atoms with Crippen molar-refractivity contribution in [3.8, 4) is 11.4 Å². The Balaban J connectivity index is 1.96. The highest BCUT2D eigenvalue weighted by atomic mass is 35.5. The fourth-order valence-electron chi connectivity index (χ4n) is 2.18. The van der Waals surface area contributed by atoms with Gasteiger partial charge in [-0.2, -0.15) is 0 Å². The number of pyridine rings is 1. The summed E-state index contributed by atoms with van der Waals surface area (Å²) in [5, 5.41) is 9.58. The first kappa shape index (κ1) is 15.8. The van der Waals surface area contributed by atoms with Crippen molar-refractivity contribution < 1.29 is 0 Å². The van der Waals surface area contributed by atoms with E-state index in [-0.39, 0.29) is 0 Å². The maximum absolute atomic E-state index is 5.59. The number of benzene rings is 1. The van der Waals surface area contributed by atoms with Crippen molar-refractivity contribution in [1.82, 2.24) is 19.7 Å². The van der Waals surface area contributed by atoms with E-state index in [1.807, 2.05) is 36.4 Å². The van der Waals surface area contributed by atoms with Gasteiger partial charge in [0.1, 0.15) is 0 Å². The molecular weight excluding hydrogens is 328 g/mol. The molecule has 4 nitrogen and oxygen atoms in total. The number of hydrogen-bond acceptors (Lipinski definition) is 4. The number of halogens is 1. The summed E-state index contributed by atoms with van der Waals surface area (Å²) in [6.45, 7) is 0.721. The van der Waals surface area contributed by atoms with Crippen LogP contribution in [-0.2, 0) is 6.54 Å². The minimum absolute atomic E-state index is 0.721. The molecule has 0 aliphatic carbocycles. The molecule has 6 heteroatoms. The Morgan fingerprint density at radius 2 is 1.83 bits per heavy atom. The second-order valence-corrected chi connectivity index (χ2v) is 6.03. The van der Waals surface area contributed by atoms with Crippen molar-refractivity contribution in [3.05, 3.63) is 72.0 Å². The van der Waals surface area contributed by atoms with Gasteiger partial charge in [-0.1, -0.05) is 59.8 Å². The first-order valence-corrected chi connectivity index (χ1v) is 8.56. The molecule has 23 heavy (non-hydrogen) atoms. The lowest BCUT2D eigenvalue weighted by molar-refractivity contribution is 0.715. The van der Waals surface area contributed by atoms with Crippen LogP contribution in [0.3, 0.4) is 0 Å². The van der Waals surface area contributed by atoms with Gasteiger partial charge in [0.15, 0.2) is 11.0 Å². The average molecular weight is 343 g/mol. The fraction of sp³-hybridized carbons (Fsp3) is 0.118. The lowest BCUT2D eigenvalue weighted by atomic mass is 10.2. The van der Waals surface area contributed by atoms with E-state index >= 15 is 0 Å². The summed E-state index contributed by atoms with van der Waals surface area (Å²) in [5.74, 6) is 1.60. The van der Waals surface area contributed by atoms with Crippen LogP contribution in [0.5, 0.6) is 0 Å². The van der Waals surface area contributed by atoms with E-state index in [2.05, 4.69) is 31.9 Å². The predicted octanol–water partition coefficient (Wildman–Crippen LogP) is 4.23. The topological polar surface area (TPSA) is 43.6 Å². The monoisotopic (exact) mass is 342 g/mol. The average Bonchev–Trinajstić information content (AvgIpc) is 3.00. The minimum atomic E-state index is 0.721. The molecular formula is C17H15ClN4S. The number of hydrogen-bond donors (Lipinski definition) is 0. The maximum Gasteiger partial charge on any atom is 0.192 e. The van der Waals surface area contributed by atoms with Gasteiger partial charge < -0.3 is 0 Å². The van der Waals surface area contributed by atoms with E-state index in [9.17, 15) is 0 Å². The van der Waals surface area contributed by atoms with Crippen LogP contribution < -0.4 is 0 Å². The Kier molecular flexibility index (Phi) is 5.45. The van der Waals surface area contributed by atoms with Crippen LogP contribution in [0.2, 0.25) is 0 Å². The highest BCUT2D eigenvalue weighted by molar-refractivity contribution is 7.99. The van der Waals surface area contributed by atoms with E-state index in [0.29, 0.717) is 0 Å². The molecule has 0 amide bonds. The lowest BCUT2D eigenvalue weighted by Gasteiger charge is -2.10. The molecule has 0 spiro atoms. The molecule has 0 saturated carbocycles. The molecule has 1 aromatic carbocycles. The first-order chi connectivity index (χ1) is 11.4. The van der Waals surface area contributed by atoms with Crippen LogP contribution in [0.15, 0.2) is 71.6 Å². The fourth-order valence-corrected chi connectivity index (χ4v) is 3.12. The van der Waals surface area contributed by atoms with Gasteiger partial charge in [-0.15, -0.1) is 10.2 Å². The first-order valence-electron chi connectivity index (χ1n) is 7.14. The van der Waals surface area contributed by atoms with E-state index in [1.54, 1.807) is 24.2 Å². The van der Waals surface area contributed by atoms with E-state index in [1.165, 1.54) is 11.1 Å².